The number of nitrogens with one attached hydrogen (secondary N) is 1. The number of rotatable bonds is 6. The molecule has 2 aromatic rings. The fourth-order valence-electron chi connectivity index (χ4n) is 4.83. The minimum atomic E-state index is -0.770. The Morgan fingerprint density at radius 3 is 2.21 bits per heavy atom. The highest BCUT2D eigenvalue weighted by Gasteiger charge is 2.48. The predicted octanol–water partition coefficient (Wildman–Crippen LogP) is 4.80. The van der Waals surface area contributed by atoms with Gasteiger partial charge in [-0.2, -0.15) is 0 Å². The molecule has 29 heavy (non-hydrogen) atoms. The van der Waals surface area contributed by atoms with Gasteiger partial charge in [0.25, 0.3) is 0 Å². The van der Waals surface area contributed by atoms with Gasteiger partial charge in [0, 0.05) is 18.4 Å². The van der Waals surface area contributed by atoms with Crippen LogP contribution in [0.1, 0.15) is 50.2 Å². The van der Waals surface area contributed by atoms with E-state index in [0.717, 1.165) is 6.42 Å². The molecule has 0 heterocycles. The fourth-order valence-corrected chi connectivity index (χ4v) is 4.83. The topological polar surface area (TPSA) is 75.6 Å². The molecule has 1 amide bonds. The number of aliphatic carboxylic acids is 1. The standard InChI is InChI=1S/C24H27NO4/c1-24(2)15(11-12-22(26)27)13-21(24)25-23(28)29-14-20-18-9-5-3-7-16(18)17-8-4-6-10-19(17)20/h3-10,15,20-21H,11-14H2,1-2H3,(H,25,28)(H,26,27)/t15-,21+/m1/s1. The minimum Gasteiger partial charge on any atom is -0.481 e. The van der Waals surface area contributed by atoms with E-state index in [-0.39, 0.29) is 23.8 Å². The number of hydrogen-bond donors (Lipinski definition) is 2. The number of alkyl carbamates (subject to hydrolysis) is 1. The lowest BCUT2D eigenvalue weighted by molar-refractivity contribution is -0.138. The Bertz CT molecular complexity index is 890. The van der Waals surface area contributed by atoms with E-state index >= 15 is 0 Å². The van der Waals surface area contributed by atoms with Crippen LogP contribution in [0.2, 0.25) is 0 Å². The van der Waals surface area contributed by atoms with E-state index in [4.69, 9.17) is 9.84 Å². The predicted molar refractivity (Wildman–Crippen MR) is 111 cm³/mol. The van der Waals surface area contributed by atoms with E-state index < -0.39 is 12.1 Å². The largest absolute Gasteiger partial charge is 0.481 e. The van der Waals surface area contributed by atoms with Crippen LogP contribution in [0.25, 0.3) is 11.1 Å². The van der Waals surface area contributed by atoms with E-state index in [9.17, 15) is 9.59 Å². The summed E-state index contributed by atoms with van der Waals surface area (Å²) in [4.78, 5) is 23.3. The summed E-state index contributed by atoms with van der Waals surface area (Å²) >= 11 is 0. The third kappa shape index (κ3) is 3.61. The lowest BCUT2D eigenvalue weighted by Gasteiger charge is -2.52. The van der Waals surface area contributed by atoms with E-state index in [1.54, 1.807) is 0 Å². The number of benzene rings is 2. The van der Waals surface area contributed by atoms with Crippen LogP contribution < -0.4 is 5.32 Å². The number of amides is 1. The van der Waals surface area contributed by atoms with Crippen molar-refractivity contribution in [3.63, 3.8) is 0 Å². The van der Waals surface area contributed by atoms with E-state index in [0.29, 0.717) is 18.9 Å². The van der Waals surface area contributed by atoms with Crippen LogP contribution in [0.5, 0.6) is 0 Å². The molecule has 1 fully saturated rings. The highest BCUT2D eigenvalue weighted by molar-refractivity contribution is 5.79. The average molecular weight is 393 g/mol. The van der Waals surface area contributed by atoms with Crippen LogP contribution in [0, 0.1) is 11.3 Å². The van der Waals surface area contributed by atoms with Gasteiger partial charge in [0.2, 0.25) is 0 Å². The molecule has 0 bridgehead atoms. The van der Waals surface area contributed by atoms with Crippen molar-refractivity contribution in [1.82, 2.24) is 5.32 Å². The SMILES string of the molecule is CC1(C)[C@H](CCC(=O)O)C[C@@H]1NC(=O)OCC1c2ccccc2-c2ccccc21. The highest BCUT2D eigenvalue weighted by atomic mass is 16.5. The Kier molecular flexibility index (Phi) is 5.07. The van der Waals surface area contributed by atoms with Crippen LogP contribution >= 0.6 is 0 Å². The molecule has 0 aliphatic heterocycles. The molecule has 5 nitrogen and oxygen atoms in total. The smallest absolute Gasteiger partial charge is 0.407 e. The van der Waals surface area contributed by atoms with E-state index in [1.165, 1.54) is 22.3 Å². The Morgan fingerprint density at radius 2 is 1.66 bits per heavy atom. The molecule has 2 aliphatic rings. The van der Waals surface area contributed by atoms with Crippen molar-refractivity contribution in [3.05, 3.63) is 59.7 Å². The lowest BCUT2D eigenvalue weighted by atomic mass is 9.57. The number of carbonyl (C=O) groups excluding carboxylic acids is 1. The zero-order chi connectivity index (χ0) is 20.6. The molecule has 2 aromatic carbocycles. The maximum absolute atomic E-state index is 12.5. The summed E-state index contributed by atoms with van der Waals surface area (Å²) in [5.41, 5.74) is 4.68. The van der Waals surface area contributed by atoms with Gasteiger partial charge < -0.3 is 15.2 Å². The van der Waals surface area contributed by atoms with Crippen LogP contribution in [-0.4, -0.2) is 29.8 Å². The van der Waals surface area contributed by atoms with Crippen molar-refractivity contribution in [2.75, 3.05) is 6.61 Å². The van der Waals surface area contributed by atoms with Crippen LogP contribution in [0.4, 0.5) is 4.79 Å². The summed E-state index contributed by atoms with van der Waals surface area (Å²) in [6.45, 7) is 4.46. The van der Waals surface area contributed by atoms with Gasteiger partial charge >= 0.3 is 12.1 Å². The van der Waals surface area contributed by atoms with Crippen molar-refractivity contribution < 1.29 is 19.4 Å². The lowest BCUT2D eigenvalue weighted by Crippen LogP contribution is -2.58. The third-order valence-electron chi connectivity index (χ3n) is 6.81. The molecule has 0 spiro atoms. The zero-order valence-corrected chi connectivity index (χ0v) is 16.9. The second-order valence-electron chi connectivity index (χ2n) is 8.71. The van der Waals surface area contributed by atoms with Gasteiger partial charge in [0.05, 0.1) is 0 Å². The first-order valence-corrected chi connectivity index (χ1v) is 10.2. The second kappa shape index (κ2) is 7.54. The first kappa shape index (κ1) is 19.5. The van der Waals surface area contributed by atoms with Crippen molar-refractivity contribution in [1.29, 1.82) is 0 Å². The van der Waals surface area contributed by atoms with Crippen molar-refractivity contribution in [3.8, 4) is 11.1 Å². The Labute approximate surface area is 171 Å². The molecular weight excluding hydrogens is 366 g/mol. The average Bonchev–Trinajstić information content (AvgIpc) is 3.02. The van der Waals surface area contributed by atoms with Gasteiger partial charge in [-0.3, -0.25) is 4.79 Å². The second-order valence-corrected chi connectivity index (χ2v) is 8.71. The van der Waals surface area contributed by atoms with Gasteiger partial charge in [-0.1, -0.05) is 62.4 Å². The fraction of sp³-hybridized carbons (Fsp3) is 0.417. The van der Waals surface area contributed by atoms with Crippen molar-refractivity contribution in [2.45, 2.75) is 45.1 Å². The summed E-state index contributed by atoms with van der Waals surface area (Å²) in [6, 6.07) is 16.5. The number of carbonyl (C=O) groups is 2. The van der Waals surface area contributed by atoms with Gasteiger partial charge in [0.15, 0.2) is 0 Å². The maximum Gasteiger partial charge on any atom is 0.407 e. The first-order chi connectivity index (χ1) is 13.9. The van der Waals surface area contributed by atoms with Gasteiger partial charge in [0.1, 0.15) is 6.61 Å². The van der Waals surface area contributed by atoms with Crippen molar-refractivity contribution in [2.24, 2.45) is 11.3 Å². The van der Waals surface area contributed by atoms with Crippen LogP contribution in [-0.2, 0) is 9.53 Å². The number of hydrogen-bond acceptors (Lipinski definition) is 3. The van der Waals surface area contributed by atoms with Crippen LogP contribution in [0.3, 0.4) is 0 Å². The van der Waals surface area contributed by atoms with Gasteiger partial charge in [-0.15, -0.1) is 0 Å². The molecule has 5 heteroatoms. The summed E-state index contributed by atoms with van der Waals surface area (Å²) in [5, 5.41) is 11.9. The minimum absolute atomic E-state index is 0.0111. The first-order valence-electron chi connectivity index (χ1n) is 10.2. The maximum atomic E-state index is 12.5. The molecule has 0 aromatic heterocycles. The number of ether oxygens (including phenoxy) is 1. The summed E-state index contributed by atoms with van der Waals surface area (Å²) in [7, 11) is 0. The molecule has 2 atom stereocenters. The van der Waals surface area contributed by atoms with E-state index in [1.807, 2.05) is 24.3 Å². The number of fused-ring (bicyclic) bond motifs is 3. The summed E-state index contributed by atoms with van der Waals surface area (Å²) in [5.74, 6) is -0.419. The Balaban J connectivity index is 1.36. The quantitative estimate of drug-likeness (QED) is 0.739. The Hall–Kier alpha value is -2.82. The molecule has 2 N–H and O–H groups in total. The molecule has 152 valence electrons. The third-order valence-corrected chi connectivity index (χ3v) is 6.81. The van der Waals surface area contributed by atoms with Crippen LogP contribution in [0.15, 0.2) is 48.5 Å². The zero-order valence-electron chi connectivity index (χ0n) is 16.9. The van der Waals surface area contributed by atoms with Crippen molar-refractivity contribution >= 4 is 12.1 Å². The molecular formula is C24H27NO4. The van der Waals surface area contributed by atoms with Gasteiger partial charge in [-0.05, 0) is 46.4 Å². The molecule has 2 aliphatic carbocycles. The highest BCUT2D eigenvalue weighted by Crippen LogP contribution is 2.49. The molecule has 4 rings (SSSR count). The molecule has 0 unspecified atom stereocenters. The molecule has 0 saturated heterocycles. The normalized spacial score (nSPS) is 21.6. The van der Waals surface area contributed by atoms with Gasteiger partial charge in [-0.25, -0.2) is 4.79 Å². The summed E-state index contributed by atoms with van der Waals surface area (Å²) in [6.07, 6.45) is 1.21. The summed E-state index contributed by atoms with van der Waals surface area (Å²) < 4.78 is 5.63. The van der Waals surface area contributed by atoms with E-state index in [2.05, 4.69) is 43.4 Å². The molecule has 1 saturated carbocycles. The Morgan fingerprint density at radius 1 is 1.07 bits per heavy atom. The molecule has 0 radical (unpaired) electrons. The number of carboxylic acid groups (broad SMARTS) is 1. The number of carboxylic acids is 1. The monoisotopic (exact) mass is 393 g/mol.